The molecular formula is C12H15N3O2S. The van der Waals surface area contributed by atoms with E-state index >= 15 is 0 Å². The van der Waals surface area contributed by atoms with E-state index < -0.39 is 0 Å². The number of hydrogen-bond donors (Lipinski definition) is 1. The maximum Gasteiger partial charge on any atom is 0.241 e. The van der Waals surface area contributed by atoms with Gasteiger partial charge in [0.25, 0.3) is 0 Å². The summed E-state index contributed by atoms with van der Waals surface area (Å²) in [5.41, 5.74) is 0. The van der Waals surface area contributed by atoms with Gasteiger partial charge in [0.15, 0.2) is 0 Å². The molecule has 0 aliphatic rings. The number of thiophene rings is 1. The second-order valence-corrected chi connectivity index (χ2v) is 4.68. The highest BCUT2D eigenvalue weighted by atomic mass is 32.1. The highest BCUT2D eigenvalue weighted by Gasteiger charge is 2.12. The average Bonchev–Trinajstić information content (AvgIpc) is 2.98. The molecule has 2 aromatic rings. The Kier molecular flexibility index (Phi) is 4.63. The second kappa shape index (κ2) is 6.44. The minimum absolute atomic E-state index is 0.0970. The molecule has 0 radical (unpaired) electrons. The highest BCUT2D eigenvalue weighted by Crippen LogP contribution is 2.21. The number of rotatable bonds is 7. The Morgan fingerprint density at radius 1 is 1.56 bits per heavy atom. The molecule has 18 heavy (non-hydrogen) atoms. The molecule has 2 heterocycles. The molecule has 0 aliphatic carbocycles. The van der Waals surface area contributed by atoms with Crippen LogP contribution in [-0.2, 0) is 6.54 Å². The Labute approximate surface area is 109 Å². The van der Waals surface area contributed by atoms with Crippen molar-refractivity contribution in [3.8, 4) is 10.7 Å². The van der Waals surface area contributed by atoms with Crippen molar-refractivity contribution >= 4 is 11.3 Å². The summed E-state index contributed by atoms with van der Waals surface area (Å²) in [6.45, 7) is 5.53. The smallest absolute Gasteiger partial charge is 0.241 e. The first-order valence-electron chi connectivity index (χ1n) is 5.64. The lowest BCUT2D eigenvalue weighted by Crippen LogP contribution is -2.26. The van der Waals surface area contributed by atoms with Gasteiger partial charge in [-0.1, -0.05) is 17.3 Å². The maximum absolute atomic E-state index is 8.96. The van der Waals surface area contributed by atoms with Crippen LogP contribution in [0.5, 0.6) is 0 Å². The fourth-order valence-electron chi connectivity index (χ4n) is 1.58. The van der Waals surface area contributed by atoms with E-state index in [4.69, 9.17) is 9.63 Å². The monoisotopic (exact) mass is 265 g/mol. The standard InChI is InChI=1S/C12H15N3O2S/c1-2-5-15(6-7-16)9-11-13-12(14-17-11)10-4-3-8-18-10/h2-4,8,16H,1,5-7,9H2. The van der Waals surface area contributed by atoms with Crippen molar-refractivity contribution in [2.24, 2.45) is 0 Å². The van der Waals surface area contributed by atoms with E-state index in [-0.39, 0.29) is 6.61 Å². The zero-order chi connectivity index (χ0) is 12.8. The van der Waals surface area contributed by atoms with Gasteiger partial charge in [-0.05, 0) is 11.4 Å². The number of hydrogen-bond acceptors (Lipinski definition) is 6. The number of aliphatic hydroxyl groups is 1. The van der Waals surface area contributed by atoms with E-state index in [1.165, 1.54) is 0 Å². The van der Waals surface area contributed by atoms with Crippen LogP contribution in [0.15, 0.2) is 34.7 Å². The summed E-state index contributed by atoms with van der Waals surface area (Å²) in [6.07, 6.45) is 1.78. The molecule has 0 aliphatic heterocycles. The van der Waals surface area contributed by atoms with Crippen molar-refractivity contribution in [2.45, 2.75) is 6.54 Å². The molecule has 2 aromatic heterocycles. The van der Waals surface area contributed by atoms with Crippen LogP contribution in [0, 0.1) is 0 Å². The average molecular weight is 265 g/mol. The summed E-state index contributed by atoms with van der Waals surface area (Å²) in [7, 11) is 0. The predicted molar refractivity (Wildman–Crippen MR) is 70.2 cm³/mol. The fourth-order valence-corrected chi connectivity index (χ4v) is 2.22. The van der Waals surface area contributed by atoms with Gasteiger partial charge in [-0.15, -0.1) is 17.9 Å². The molecule has 0 atom stereocenters. The third-order valence-electron chi connectivity index (χ3n) is 2.37. The molecule has 0 amide bonds. The topological polar surface area (TPSA) is 62.4 Å². The summed E-state index contributed by atoms with van der Waals surface area (Å²) in [4.78, 5) is 7.31. The summed E-state index contributed by atoms with van der Waals surface area (Å²) < 4.78 is 5.20. The molecule has 0 fully saturated rings. The van der Waals surface area contributed by atoms with Gasteiger partial charge < -0.3 is 9.63 Å². The largest absolute Gasteiger partial charge is 0.395 e. The van der Waals surface area contributed by atoms with Crippen LogP contribution >= 0.6 is 11.3 Å². The van der Waals surface area contributed by atoms with Gasteiger partial charge in [0.05, 0.1) is 18.0 Å². The van der Waals surface area contributed by atoms with Crippen LogP contribution in [0.1, 0.15) is 5.89 Å². The third kappa shape index (κ3) is 3.25. The number of nitrogens with zero attached hydrogens (tertiary/aromatic N) is 3. The van der Waals surface area contributed by atoms with Gasteiger partial charge in [0.1, 0.15) is 0 Å². The van der Waals surface area contributed by atoms with Gasteiger partial charge in [0.2, 0.25) is 11.7 Å². The van der Waals surface area contributed by atoms with Crippen molar-refractivity contribution in [3.05, 3.63) is 36.1 Å². The molecule has 0 aromatic carbocycles. The van der Waals surface area contributed by atoms with Crippen molar-refractivity contribution in [1.29, 1.82) is 0 Å². The quantitative estimate of drug-likeness (QED) is 0.773. The lowest BCUT2D eigenvalue weighted by Gasteiger charge is -2.16. The first-order valence-corrected chi connectivity index (χ1v) is 6.52. The molecule has 0 unspecified atom stereocenters. The van der Waals surface area contributed by atoms with E-state index in [1.54, 1.807) is 17.4 Å². The number of aliphatic hydroxyl groups excluding tert-OH is 1. The van der Waals surface area contributed by atoms with Crippen LogP contribution in [0.4, 0.5) is 0 Å². The third-order valence-corrected chi connectivity index (χ3v) is 3.24. The zero-order valence-electron chi connectivity index (χ0n) is 9.95. The summed E-state index contributed by atoms with van der Waals surface area (Å²) in [5.74, 6) is 1.16. The molecule has 0 spiro atoms. The van der Waals surface area contributed by atoms with E-state index in [2.05, 4.69) is 16.7 Å². The van der Waals surface area contributed by atoms with E-state index in [9.17, 15) is 0 Å². The predicted octanol–water partition coefficient (Wildman–Crippen LogP) is 1.78. The molecule has 96 valence electrons. The van der Waals surface area contributed by atoms with Gasteiger partial charge in [0, 0.05) is 13.1 Å². The molecule has 5 nitrogen and oxygen atoms in total. The normalized spacial score (nSPS) is 11.0. The molecule has 1 N–H and O–H groups in total. The van der Waals surface area contributed by atoms with Crippen molar-refractivity contribution in [3.63, 3.8) is 0 Å². The van der Waals surface area contributed by atoms with Gasteiger partial charge in [-0.3, -0.25) is 4.90 Å². The first kappa shape index (κ1) is 12.9. The number of aromatic nitrogens is 2. The van der Waals surface area contributed by atoms with Gasteiger partial charge in [-0.2, -0.15) is 4.98 Å². The maximum atomic E-state index is 8.96. The van der Waals surface area contributed by atoms with Gasteiger partial charge in [-0.25, -0.2) is 0 Å². The van der Waals surface area contributed by atoms with E-state index in [0.717, 1.165) is 4.88 Å². The molecule has 0 saturated heterocycles. The van der Waals surface area contributed by atoms with E-state index in [0.29, 0.717) is 31.3 Å². The van der Waals surface area contributed by atoms with Crippen molar-refractivity contribution in [1.82, 2.24) is 15.0 Å². The molecule has 6 heteroatoms. The van der Waals surface area contributed by atoms with Crippen molar-refractivity contribution in [2.75, 3.05) is 19.7 Å². The van der Waals surface area contributed by atoms with Crippen LogP contribution in [0.3, 0.4) is 0 Å². The molecule has 0 saturated carbocycles. The minimum atomic E-state index is 0.0970. The first-order chi connectivity index (χ1) is 8.83. The molecule has 0 bridgehead atoms. The zero-order valence-corrected chi connectivity index (χ0v) is 10.8. The van der Waals surface area contributed by atoms with Crippen LogP contribution < -0.4 is 0 Å². The second-order valence-electron chi connectivity index (χ2n) is 3.74. The summed E-state index contributed by atoms with van der Waals surface area (Å²) in [6, 6.07) is 3.90. The fraction of sp³-hybridized carbons (Fsp3) is 0.333. The summed E-state index contributed by atoms with van der Waals surface area (Å²) >= 11 is 1.57. The Balaban J connectivity index is 2.03. The molecule has 2 rings (SSSR count). The molecular weight excluding hydrogens is 250 g/mol. The van der Waals surface area contributed by atoms with Crippen LogP contribution in [0.25, 0.3) is 10.7 Å². The summed E-state index contributed by atoms with van der Waals surface area (Å²) in [5, 5.41) is 14.9. The van der Waals surface area contributed by atoms with Crippen LogP contribution in [-0.4, -0.2) is 39.8 Å². The highest BCUT2D eigenvalue weighted by molar-refractivity contribution is 7.13. The Morgan fingerprint density at radius 2 is 2.44 bits per heavy atom. The SMILES string of the molecule is C=CCN(CCO)Cc1nc(-c2cccs2)no1. The lowest BCUT2D eigenvalue weighted by molar-refractivity contribution is 0.186. The van der Waals surface area contributed by atoms with Crippen molar-refractivity contribution < 1.29 is 9.63 Å². The van der Waals surface area contributed by atoms with Crippen LogP contribution in [0.2, 0.25) is 0 Å². The lowest BCUT2D eigenvalue weighted by atomic mass is 10.4. The van der Waals surface area contributed by atoms with E-state index in [1.807, 2.05) is 22.4 Å². The minimum Gasteiger partial charge on any atom is -0.395 e. The Hall–Kier alpha value is -1.50. The van der Waals surface area contributed by atoms with Gasteiger partial charge >= 0.3 is 0 Å². The Morgan fingerprint density at radius 3 is 3.11 bits per heavy atom. The Bertz CT molecular complexity index is 481.